The molecule has 0 aromatic rings. The van der Waals surface area contributed by atoms with E-state index >= 15 is 0 Å². The Morgan fingerprint density at radius 2 is 2.31 bits per heavy atom. The zero-order valence-electron chi connectivity index (χ0n) is 7.49. The molecule has 0 saturated heterocycles. The van der Waals surface area contributed by atoms with Crippen molar-refractivity contribution >= 4 is 5.78 Å². The lowest BCUT2D eigenvalue weighted by Gasteiger charge is -2.06. The Labute approximate surface area is 77.8 Å². The van der Waals surface area contributed by atoms with Gasteiger partial charge in [0.25, 0.3) is 0 Å². The number of carbonyl (C=O) groups excluding carboxylic acids is 1. The van der Waals surface area contributed by atoms with E-state index in [1.165, 1.54) is 6.08 Å². The third-order valence-corrected chi connectivity index (χ3v) is 1.85. The highest BCUT2D eigenvalue weighted by atomic mass is 16.1. The van der Waals surface area contributed by atoms with Crippen molar-refractivity contribution in [1.29, 1.82) is 0 Å². The molecule has 0 atom stereocenters. The second-order valence-corrected chi connectivity index (χ2v) is 2.91. The van der Waals surface area contributed by atoms with E-state index in [2.05, 4.69) is 0 Å². The van der Waals surface area contributed by atoms with Crippen LogP contribution in [0, 0.1) is 0 Å². The van der Waals surface area contributed by atoms with Crippen molar-refractivity contribution in [2.24, 2.45) is 11.5 Å². The molecule has 0 fully saturated rings. The molecule has 4 N–H and O–H groups in total. The standard InChI is InChI=1S/C10H14N2O/c11-7-9(13)6-10(12)8-4-2-1-3-5-8/h2,4-6H,1,3,7,11-12H2/b10-6-. The maximum atomic E-state index is 10.9. The summed E-state index contributed by atoms with van der Waals surface area (Å²) in [5.41, 5.74) is 12.3. The van der Waals surface area contributed by atoms with Crippen molar-refractivity contribution in [2.45, 2.75) is 12.8 Å². The molecule has 0 heterocycles. The highest BCUT2D eigenvalue weighted by Gasteiger charge is 2.02. The molecule has 0 saturated carbocycles. The topological polar surface area (TPSA) is 69.1 Å². The molecule has 1 aliphatic rings. The van der Waals surface area contributed by atoms with E-state index in [1.54, 1.807) is 0 Å². The Balaban J connectivity index is 2.71. The van der Waals surface area contributed by atoms with Gasteiger partial charge in [0.1, 0.15) is 0 Å². The van der Waals surface area contributed by atoms with Crippen LogP contribution in [0.25, 0.3) is 0 Å². The van der Waals surface area contributed by atoms with Gasteiger partial charge in [0.2, 0.25) is 0 Å². The predicted octanol–water partition coefficient (Wildman–Crippen LogP) is 0.633. The van der Waals surface area contributed by atoms with Gasteiger partial charge < -0.3 is 11.5 Å². The normalized spacial score (nSPS) is 17.0. The lowest BCUT2D eigenvalue weighted by molar-refractivity contribution is -0.113. The molecule has 70 valence electrons. The Bertz CT molecular complexity index is 287. The molecular weight excluding hydrogens is 164 g/mol. The Morgan fingerprint density at radius 3 is 2.85 bits per heavy atom. The number of hydrogen-bond donors (Lipinski definition) is 2. The van der Waals surface area contributed by atoms with Crippen LogP contribution in [0.15, 0.2) is 35.6 Å². The van der Waals surface area contributed by atoms with Crippen molar-refractivity contribution < 1.29 is 4.79 Å². The van der Waals surface area contributed by atoms with E-state index in [9.17, 15) is 4.79 Å². The molecule has 0 unspecified atom stereocenters. The molecule has 0 aliphatic heterocycles. The molecule has 1 aliphatic carbocycles. The van der Waals surface area contributed by atoms with E-state index in [-0.39, 0.29) is 12.3 Å². The highest BCUT2D eigenvalue weighted by Crippen LogP contribution is 2.13. The molecule has 3 nitrogen and oxygen atoms in total. The third-order valence-electron chi connectivity index (χ3n) is 1.85. The molecule has 13 heavy (non-hydrogen) atoms. The van der Waals surface area contributed by atoms with Crippen LogP contribution in [0.1, 0.15) is 12.8 Å². The van der Waals surface area contributed by atoms with Gasteiger partial charge in [-0.3, -0.25) is 4.79 Å². The fourth-order valence-electron chi connectivity index (χ4n) is 1.14. The van der Waals surface area contributed by atoms with Crippen LogP contribution >= 0.6 is 0 Å². The van der Waals surface area contributed by atoms with Crippen LogP contribution < -0.4 is 11.5 Å². The summed E-state index contributed by atoms with van der Waals surface area (Å²) in [6, 6.07) is 0. The van der Waals surface area contributed by atoms with Crippen molar-refractivity contribution in [3.8, 4) is 0 Å². The first kappa shape index (κ1) is 9.74. The fourth-order valence-corrected chi connectivity index (χ4v) is 1.14. The molecule has 1 rings (SSSR count). The molecule has 0 amide bonds. The van der Waals surface area contributed by atoms with Crippen molar-refractivity contribution in [3.63, 3.8) is 0 Å². The van der Waals surface area contributed by atoms with Gasteiger partial charge in [0.15, 0.2) is 5.78 Å². The number of hydrogen-bond acceptors (Lipinski definition) is 3. The summed E-state index contributed by atoms with van der Waals surface area (Å²) in [6.07, 6.45) is 9.41. The molecule has 3 heteroatoms. The van der Waals surface area contributed by atoms with Gasteiger partial charge in [-0.05, 0) is 18.4 Å². The van der Waals surface area contributed by atoms with E-state index in [1.807, 2.05) is 18.2 Å². The summed E-state index contributed by atoms with van der Waals surface area (Å²) in [5, 5.41) is 0. The SMILES string of the molecule is NCC(=O)/C=C(\N)C1=CCCC=C1. The summed E-state index contributed by atoms with van der Waals surface area (Å²) in [4.78, 5) is 10.9. The van der Waals surface area contributed by atoms with Gasteiger partial charge in [0.05, 0.1) is 6.54 Å². The summed E-state index contributed by atoms with van der Waals surface area (Å²) < 4.78 is 0. The van der Waals surface area contributed by atoms with Gasteiger partial charge in [-0.1, -0.05) is 18.2 Å². The molecule has 0 bridgehead atoms. The second-order valence-electron chi connectivity index (χ2n) is 2.91. The first-order valence-electron chi connectivity index (χ1n) is 4.31. The van der Waals surface area contributed by atoms with Crippen LogP contribution in [0.3, 0.4) is 0 Å². The Kier molecular flexibility index (Phi) is 3.46. The van der Waals surface area contributed by atoms with E-state index in [4.69, 9.17) is 11.5 Å². The Morgan fingerprint density at radius 1 is 1.54 bits per heavy atom. The Hall–Kier alpha value is -1.35. The maximum Gasteiger partial charge on any atom is 0.171 e. The smallest absolute Gasteiger partial charge is 0.171 e. The summed E-state index contributed by atoms with van der Waals surface area (Å²) in [5.74, 6) is -0.141. The van der Waals surface area contributed by atoms with Gasteiger partial charge in [-0.15, -0.1) is 0 Å². The maximum absolute atomic E-state index is 10.9. The molecule has 0 aromatic carbocycles. The van der Waals surface area contributed by atoms with Crippen LogP contribution in [0.5, 0.6) is 0 Å². The average Bonchev–Trinajstić information content (AvgIpc) is 2.19. The molecule has 0 radical (unpaired) electrons. The van der Waals surface area contributed by atoms with Crippen LogP contribution in [-0.4, -0.2) is 12.3 Å². The number of carbonyl (C=O) groups is 1. The summed E-state index contributed by atoms with van der Waals surface area (Å²) in [7, 11) is 0. The first-order valence-corrected chi connectivity index (χ1v) is 4.31. The van der Waals surface area contributed by atoms with Crippen LogP contribution in [0.4, 0.5) is 0 Å². The minimum Gasteiger partial charge on any atom is -0.398 e. The number of ketones is 1. The minimum absolute atomic E-state index is 0.0116. The van der Waals surface area contributed by atoms with Gasteiger partial charge >= 0.3 is 0 Å². The van der Waals surface area contributed by atoms with Crippen LogP contribution in [-0.2, 0) is 4.79 Å². The minimum atomic E-state index is -0.141. The van der Waals surface area contributed by atoms with Gasteiger partial charge in [-0.25, -0.2) is 0 Å². The molecule has 0 spiro atoms. The average molecular weight is 178 g/mol. The summed E-state index contributed by atoms with van der Waals surface area (Å²) in [6.45, 7) is 0.0116. The monoisotopic (exact) mass is 178 g/mol. The molecular formula is C10H14N2O. The van der Waals surface area contributed by atoms with E-state index in [0.29, 0.717) is 5.70 Å². The van der Waals surface area contributed by atoms with Crippen LogP contribution in [0.2, 0.25) is 0 Å². The lowest BCUT2D eigenvalue weighted by atomic mass is 10.0. The number of nitrogens with two attached hydrogens (primary N) is 2. The largest absolute Gasteiger partial charge is 0.398 e. The lowest BCUT2D eigenvalue weighted by Crippen LogP contribution is -2.13. The van der Waals surface area contributed by atoms with E-state index < -0.39 is 0 Å². The first-order chi connectivity index (χ1) is 6.24. The van der Waals surface area contributed by atoms with Crippen molar-refractivity contribution in [1.82, 2.24) is 0 Å². The van der Waals surface area contributed by atoms with E-state index in [0.717, 1.165) is 18.4 Å². The zero-order chi connectivity index (χ0) is 9.68. The summed E-state index contributed by atoms with van der Waals surface area (Å²) >= 11 is 0. The fraction of sp³-hybridized carbons (Fsp3) is 0.300. The quantitative estimate of drug-likeness (QED) is 0.623. The van der Waals surface area contributed by atoms with Crippen molar-refractivity contribution in [2.75, 3.05) is 6.54 Å². The zero-order valence-corrected chi connectivity index (χ0v) is 7.49. The number of allylic oxidation sites excluding steroid dienone is 3. The third kappa shape index (κ3) is 2.87. The molecule has 0 aromatic heterocycles. The van der Waals surface area contributed by atoms with Gasteiger partial charge in [-0.2, -0.15) is 0 Å². The second kappa shape index (κ2) is 4.62. The number of rotatable bonds is 3. The van der Waals surface area contributed by atoms with Crippen molar-refractivity contribution in [3.05, 3.63) is 35.6 Å². The predicted molar refractivity (Wildman–Crippen MR) is 52.8 cm³/mol. The highest BCUT2D eigenvalue weighted by molar-refractivity contribution is 5.92. The van der Waals surface area contributed by atoms with Gasteiger partial charge in [0, 0.05) is 11.8 Å².